The molecule has 0 aliphatic carbocycles. The molecule has 0 aliphatic rings. The van der Waals surface area contributed by atoms with Crippen molar-refractivity contribution >= 4 is 11.9 Å². The monoisotopic (exact) mass is 234 g/mol. The number of rotatable bonds is 10. The minimum absolute atomic E-state index is 0.0111. The molecule has 0 saturated carbocycles. The lowest BCUT2D eigenvalue weighted by Gasteiger charge is -2.04. The van der Waals surface area contributed by atoms with Crippen LogP contribution in [0.3, 0.4) is 0 Å². The number of hydrogen-bond donors (Lipinski definition) is 1. The van der Waals surface area contributed by atoms with E-state index in [1.54, 1.807) is 6.92 Å². The van der Waals surface area contributed by atoms with Crippen LogP contribution in [0.25, 0.3) is 0 Å². The Bertz CT molecular complexity index is 203. The molecule has 0 aromatic heterocycles. The quantitative estimate of drug-likeness (QED) is 0.436. The first-order valence-electron chi connectivity index (χ1n) is 5.19. The Morgan fingerprint density at radius 1 is 1.00 bits per heavy atom. The minimum Gasteiger partial charge on any atom is -0.481 e. The van der Waals surface area contributed by atoms with E-state index in [9.17, 15) is 9.59 Å². The van der Waals surface area contributed by atoms with E-state index in [0.717, 1.165) is 0 Å². The van der Waals surface area contributed by atoms with E-state index < -0.39 is 5.97 Å². The van der Waals surface area contributed by atoms with E-state index in [1.807, 2.05) is 0 Å². The zero-order chi connectivity index (χ0) is 12.2. The fourth-order valence-electron chi connectivity index (χ4n) is 0.870. The lowest BCUT2D eigenvalue weighted by molar-refractivity contribution is -0.144. The van der Waals surface area contributed by atoms with Crippen LogP contribution in [0.2, 0.25) is 0 Å². The predicted octanol–water partition coefficient (Wildman–Crippen LogP) is 0.447. The molecular weight excluding hydrogens is 216 g/mol. The van der Waals surface area contributed by atoms with Crippen molar-refractivity contribution in [3.8, 4) is 0 Å². The highest BCUT2D eigenvalue weighted by Gasteiger charge is 2.00. The molecule has 94 valence electrons. The minimum atomic E-state index is -0.886. The highest BCUT2D eigenvalue weighted by Crippen LogP contribution is 1.89. The van der Waals surface area contributed by atoms with Gasteiger partial charge in [0.1, 0.15) is 0 Å². The molecule has 0 aliphatic heterocycles. The number of carboxylic acid groups (broad SMARTS) is 1. The van der Waals surface area contributed by atoms with Gasteiger partial charge in [-0.2, -0.15) is 0 Å². The van der Waals surface area contributed by atoms with Crippen LogP contribution in [0.1, 0.15) is 19.8 Å². The van der Waals surface area contributed by atoms with E-state index in [0.29, 0.717) is 26.4 Å². The Hall–Kier alpha value is -1.14. The van der Waals surface area contributed by atoms with Crippen molar-refractivity contribution in [2.45, 2.75) is 19.8 Å². The van der Waals surface area contributed by atoms with Gasteiger partial charge in [-0.1, -0.05) is 0 Å². The summed E-state index contributed by atoms with van der Waals surface area (Å²) in [6, 6.07) is 0. The maximum Gasteiger partial charge on any atom is 0.308 e. The molecule has 0 rings (SSSR count). The van der Waals surface area contributed by atoms with E-state index in [-0.39, 0.29) is 25.4 Å². The van der Waals surface area contributed by atoms with Crippen LogP contribution in [-0.2, 0) is 23.8 Å². The summed E-state index contributed by atoms with van der Waals surface area (Å²) in [7, 11) is 0. The highest BCUT2D eigenvalue weighted by molar-refractivity contribution is 5.69. The van der Waals surface area contributed by atoms with Crippen LogP contribution in [0.5, 0.6) is 0 Å². The number of hydrogen-bond acceptors (Lipinski definition) is 5. The maximum atomic E-state index is 10.9. The largest absolute Gasteiger partial charge is 0.481 e. The maximum absolute atomic E-state index is 10.9. The number of aliphatic carboxylic acids is 1. The molecule has 0 spiro atoms. The molecule has 0 aromatic rings. The molecule has 0 fully saturated rings. The second kappa shape index (κ2) is 10.4. The molecule has 0 unspecified atom stereocenters. The second-order valence-electron chi connectivity index (χ2n) is 2.92. The number of esters is 1. The van der Waals surface area contributed by atoms with Crippen LogP contribution in [0.15, 0.2) is 0 Å². The molecule has 0 atom stereocenters. The summed E-state index contributed by atoms with van der Waals surface area (Å²) in [6.07, 6.45) is 0.214. The van der Waals surface area contributed by atoms with Crippen molar-refractivity contribution in [2.24, 2.45) is 0 Å². The Balaban J connectivity index is 3.09. The summed E-state index contributed by atoms with van der Waals surface area (Å²) in [6.45, 7) is 3.26. The van der Waals surface area contributed by atoms with E-state index >= 15 is 0 Å². The van der Waals surface area contributed by atoms with Crippen LogP contribution in [0.4, 0.5) is 0 Å². The first-order chi connectivity index (χ1) is 7.66. The molecule has 0 heterocycles. The summed E-state index contributed by atoms with van der Waals surface area (Å²) in [4.78, 5) is 21.0. The number of carboxylic acids is 1. The lowest BCUT2D eigenvalue weighted by Crippen LogP contribution is -2.11. The van der Waals surface area contributed by atoms with Crippen LogP contribution in [0, 0.1) is 0 Å². The zero-order valence-electron chi connectivity index (χ0n) is 9.44. The van der Waals surface area contributed by atoms with Gasteiger partial charge in [0.2, 0.25) is 0 Å². The summed E-state index contributed by atoms with van der Waals surface area (Å²) < 4.78 is 14.8. The second-order valence-corrected chi connectivity index (χ2v) is 2.92. The Morgan fingerprint density at radius 2 is 1.56 bits per heavy atom. The Morgan fingerprint density at radius 3 is 2.06 bits per heavy atom. The Kier molecular flexibility index (Phi) is 9.64. The van der Waals surface area contributed by atoms with E-state index in [2.05, 4.69) is 0 Å². The third-order valence-electron chi connectivity index (χ3n) is 1.59. The van der Waals surface area contributed by atoms with Gasteiger partial charge in [0.25, 0.3) is 0 Å². The standard InChI is InChI=1S/C10H18O6/c1-2-16-10(13)4-6-15-8-7-14-5-3-9(11)12/h2-8H2,1H3,(H,11,12). The molecule has 0 saturated heterocycles. The smallest absolute Gasteiger partial charge is 0.308 e. The lowest BCUT2D eigenvalue weighted by atomic mass is 10.4. The summed E-state index contributed by atoms with van der Waals surface area (Å²) in [5.74, 6) is -1.17. The topological polar surface area (TPSA) is 82.1 Å². The van der Waals surface area contributed by atoms with Gasteiger partial charge < -0.3 is 19.3 Å². The fourth-order valence-corrected chi connectivity index (χ4v) is 0.870. The van der Waals surface area contributed by atoms with Crippen LogP contribution in [-0.4, -0.2) is 50.1 Å². The van der Waals surface area contributed by atoms with Crippen molar-refractivity contribution in [1.29, 1.82) is 0 Å². The average molecular weight is 234 g/mol. The van der Waals surface area contributed by atoms with Crippen molar-refractivity contribution < 1.29 is 28.9 Å². The van der Waals surface area contributed by atoms with Crippen molar-refractivity contribution in [3.05, 3.63) is 0 Å². The van der Waals surface area contributed by atoms with Gasteiger partial charge in [-0.15, -0.1) is 0 Å². The SMILES string of the molecule is CCOC(=O)CCOCCOCCC(=O)O. The Labute approximate surface area is 94.5 Å². The molecule has 0 amide bonds. The summed E-state index contributed by atoms with van der Waals surface area (Å²) in [5, 5.41) is 8.30. The molecule has 16 heavy (non-hydrogen) atoms. The third kappa shape index (κ3) is 10.9. The van der Waals surface area contributed by atoms with Gasteiger partial charge in [-0.25, -0.2) is 0 Å². The van der Waals surface area contributed by atoms with E-state index in [1.165, 1.54) is 0 Å². The number of ether oxygens (including phenoxy) is 3. The number of carbonyl (C=O) groups is 2. The molecular formula is C10H18O6. The average Bonchev–Trinajstić information content (AvgIpc) is 2.22. The normalized spacial score (nSPS) is 10.1. The molecule has 6 heteroatoms. The summed E-state index contributed by atoms with van der Waals surface area (Å²) >= 11 is 0. The molecule has 6 nitrogen and oxygen atoms in total. The summed E-state index contributed by atoms with van der Waals surface area (Å²) in [5.41, 5.74) is 0. The van der Waals surface area contributed by atoms with Crippen molar-refractivity contribution in [1.82, 2.24) is 0 Å². The first-order valence-corrected chi connectivity index (χ1v) is 5.19. The van der Waals surface area contributed by atoms with Crippen LogP contribution < -0.4 is 0 Å². The zero-order valence-corrected chi connectivity index (χ0v) is 9.44. The van der Waals surface area contributed by atoms with Crippen LogP contribution >= 0.6 is 0 Å². The predicted molar refractivity (Wildman–Crippen MR) is 55.1 cm³/mol. The molecule has 0 aromatic carbocycles. The van der Waals surface area contributed by atoms with Gasteiger partial charge >= 0.3 is 11.9 Å². The number of carbonyl (C=O) groups excluding carboxylic acids is 1. The van der Waals surface area contributed by atoms with Crippen molar-refractivity contribution in [2.75, 3.05) is 33.0 Å². The first kappa shape index (κ1) is 14.9. The van der Waals surface area contributed by atoms with Gasteiger partial charge in [0.05, 0.1) is 45.9 Å². The van der Waals surface area contributed by atoms with Crippen molar-refractivity contribution in [3.63, 3.8) is 0 Å². The highest BCUT2D eigenvalue weighted by atomic mass is 16.5. The molecule has 0 bridgehead atoms. The van der Waals surface area contributed by atoms with Gasteiger partial charge in [-0.05, 0) is 6.92 Å². The molecule has 0 radical (unpaired) electrons. The third-order valence-corrected chi connectivity index (χ3v) is 1.59. The van der Waals surface area contributed by atoms with Gasteiger partial charge in [0.15, 0.2) is 0 Å². The molecule has 1 N–H and O–H groups in total. The van der Waals surface area contributed by atoms with Gasteiger partial charge in [-0.3, -0.25) is 9.59 Å². The van der Waals surface area contributed by atoms with E-state index in [4.69, 9.17) is 19.3 Å². The van der Waals surface area contributed by atoms with Gasteiger partial charge in [0, 0.05) is 0 Å². The fraction of sp³-hybridized carbons (Fsp3) is 0.800.